The Hall–Kier alpha value is -4.59. The molecule has 0 atom stereocenters. The number of ether oxygens (including phenoxy) is 3. The predicted octanol–water partition coefficient (Wildman–Crippen LogP) is 4.12. The fourth-order valence-corrected chi connectivity index (χ4v) is 3.61. The molecule has 1 heterocycles. The van der Waals surface area contributed by atoms with Gasteiger partial charge >= 0.3 is 6.03 Å². The van der Waals surface area contributed by atoms with Gasteiger partial charge in [-0.25, -0.2) is 4.79 Å². The molecule has 0 aromatic heterocycles. The summed E-state index contributed by atoms with van der Waals surface area (Å²) in [5.41, 5.74) is 2.32. The maximum absolute atomic E-state index is 13.0. The van der Waals surface area contributed by atoms with Crippen molar-refractivity contribution in [2.24, 2.45) is 0 Å². The monoisotopic (exact) mass is 486 g/mol. The SMILES string of the molecule is COc1cc(/C=C2\C(=O)NC(=O)N(Cc3ccccc3)C2=O)ccc1OCCOc1ccc(C)cc1. The standard InChI is InChI=1S/C28H26N2O6/c1-19-8-11-22(12-9-19)35-14-15-36-24-13-10-21(17-25(24)34-2)16-23-26(31)29-28(33)30(27(23)32)18-20-6-4-3-5-7-20/h3-13,16-17H,14-15,18H2,1-2H3,(H,29,31,33)/b23-16+. The first kappa shape index (κ1) is 24.5. The summed E-state index contributed by atoms with van der Waals surface area (Å²) in [5.74, 6) is 0.267. The number of benzene rings is 3. The minimum Gasteiger partial charge on any atom is -0.493 e. The van der Waals surface area contributed by atoms with E-state index >= 15 is 0 Å². The third kappa shape index (κ3) is 5.90. The van der Waals surface area contributed by atoms with Crippen molar-refractivity contribution < 1.29 is 28.6 Å². The van der Waals surface area contributed by atoms with Gasteiger partial charge in [-0.2, -0.15) is 0 Å². The van der Waals surface area contributed by atoms with Crippen LogP contribution in [-0.4, -0.2) is 43.1 Å². The minimum atomic E-state index is -0.750. The normalized spacial score (nSPS) is 14.6. The molecule has 1 fully saturated rings. The number of barbiturate groups is 1. The van der Waals surface area contributed by atoms with Crippen molar-refractivity contribution in [1.82, 2.24) is 10.2 Å². The molecule has 8 nitrogen and oxygen atoms in total. The van der Waals surface area contributed by atoms with Gasteiger partial charge in [0.1, 0.15) is 24.5 Å². The second-order valence-electron chi connectivity index (χ2n) is 8.11. The molecule has 3 aromatic rings. The Kier molecular flexibility index (Phi) is 7.65. The number of carbonyl (C=O) groups is 3. The van der Waals surface area contributed by atoms with Crippen LogP contribution < -0.4 is 19.5 Å². The van der Waals surface area contributed by atoms with Crippen molar-refractivity contribution in [2.45, 2.75) is 13.5 Å². The highest BCUT2D eigenvalue weighted by Gasteiger charge is 2.35. The number of aryl methyl sites for hydroxylation is 1. The average molecular weight is 487 g/mol. The predicted molar refractivity (Wildman–Crippen MR) is 134 cm³/mol. The molecule has 1 aliphatic heterocycles. The van der Waals surface area contributed by atoms with Crippen molar-refractivity contribution in [2.75, 3.05) is 20.3 Å². The van der Waals surface area contributed by atoms with Gasteiger partial charge in [-0.15, -0.1) is 0 Å². The molecule has 0 bridgehead atoms. The highest BCUT2D eigenvalue weighted by Crippen LogP contribution is 2.29. The van der Waals surface area contributed by atoms with E-state index in [0.717, 1.165) is 21.8 Å². The van der Waals surface area contributed by atoms with E-state index in [1.165, 1.54) is 13.2 Å². The number of nitrogens with zero attached hydrogens (tertiary/aromatic N) is 1. The van der Waals surface area contributed by atoms with E-state index in [1.807, 2.05) is 49.4 Å². The van der Waals surface area contributed by atoms with Gasteiger partial charge < -0.3 is 14.2 Å². The molecule has 4 amide bonds. The first-order chi connectivity index (χ1) is 17.4. The van der Waals surface area contributed by atoms with Gasteiger partial charge in [0.25, 0.3) is 11.8 Å². The first-order valence-corrected chi connectivity index (χ1v) is 11.4. The third-order valence-corrected chi connectivity index (χ3v) is 5.50. The van der Waals surface area contributed by atoms with Crippen LogP contribution in [0.25, 0.3) is 6.08 Å². The summed E-state index contributed by atoms with van der Waals surface area (Å²) in [7, 11) is 1.50. The minimum absolute atomic E-state index is 0.0525. The Morgan fingerprint density at radius 2 is 1.58 bits per heavy atom. The van der Waals surface area contributed by atoms with Crippen LogP contribution in [0.4, 0.5) is 4.79 Å². The lowest BCUT2D eigenvalue weighted by Gasteiger charge is -2.26. The van der Waals surface area contributed by atoms with Crippen LogP contribution >= 0.6 is 0 Å². The van der Waals surface area contributed by atoms with Gasteiger partial charge in [-0.1, -0.05) is 54.1 Å². The highest BCUT2D eigenvalue weighted by molar-refractivity contribution is 6.30. The van der Waals surface area contributed by atoms with Gasteiger partial charge in [0.15, 0.2) is 11.5 Å². The smallest absolute Gasteiger partial charge is 0.331 e. The van der Waals surface area contributed by atoms with Crippen molar-refractivity contribution in [3.63, 3.8) is 0 Å². The first-order valence-electron chi connectivity index (χ1n) is 11.4. The summed E-state index contributed by atoms with van der Waals surface area (Å²) in [6.45, 7) is 2.70. The molecule has 4 rings (SSSR count). The molecule has 0 unspecified atom stereocenters. The fourth-order valence-electron chi connectivity index (χ4n) is 3.61. The zero-order valence-electron chi connectivity index (χ0n) is 20.0. The molecule has 3 aromatic carbocycles. The number of methoxy groups -OCH3 is 1. The highest BCUT2D eigenvalue weighted by atomic mass is 16.5. The van der Waals surface area contributed by atoms with Crippen LogP contribution in [0.2, 0.25) is 0 Å². The molecule has 0 saturated carbocycles. The molecule has 1 N–H and O–H groups in total. The lowest BCUT2D eigenvalue weighted by molar-refractivity contribution is -0.130. The third-order valence-electron chi connectivity index (χ3n) is 5.50. The van der Waals surface area contributed by atoms with E-state index in [0.29, 0.717) is 30.3 Å². The summed E-state index contributed by atoms with van der Waals surface area (Å²) < 4.78 is 16.9. The quantitative estimate of drug-likeness (QED) is 0.278. The lowest BCUT2D eigenvalue weighted by atomic mass is 10.1. The van der Waals surface area contributed by atoms with E-state index in [9.17, 15) is 14.4 Å². The van der Waals surface area contributed by atoms with Gasteiger partial charge in [0.05, 0.1) is 13.7 Å². The zero-order valence-corrected chi connectivity index (χ0v) is 20.0. The van der Waals surface area contributed by atoms with Crippen molar-refractivity contribution in [1.29, 1.82) is 0 Å². The van der Waals surface area contributed by atoms with E-state index < -0.39 is 17.8 Å². The van der Waals surface area contributed by atoms with Crippen molar-refractivity contribution in [3.05, 3.63) is 95.1 Å². The van der Waals surface area contributed by atoms with Crippen LogP contribution in [0.15, 0.2) is 78.4 Å². The maximum atomic E-state index is 13.0. The Morgan fingerprint density at radius 1 is 0.861 bits per heavy atom. The Bertz CT molecular complexity index is 1290. The number of carbonyl (C=O) groups excluding carboxylic acids is 3. The molecule has 0 spiro atoms. The van der Waals surface area contributed by atoms with Gasteiger partial charge in [0, 0.05) is 0 Å². The second kappa shape index (κ2) is 11.2. The second-order valence-corrected chi connectivity index (χ2v) is 8.11. The maximum Gasteiger partial charge on any atom is 0.331 e. The number of rotatable bonds is 9. The molecule has 0 radical (unpaired) electrons. The number of imide groups is 2. The fraction of sp³-hybridized carbons (Fsp3) is 0.179. The van der Waals surface area contributed by atoms with Crippen LogP contribution in [0.3, 0.4) is 0 Å². The average Bonchev–Trinajstić information content (AvgIpc) is 2.89. The topological polar surface area (TPSA) is 94.2 Å². The Balaban J connectivity index is 1.44. The molecule has 184 valence electrons. The molecule has 1 aliphatic rings. The number of urea groups is 1. The molecule has 8 heteroatoms. The van der Waals surface area contributed by atoms with Crippen molar-refractivity contribution >= 4 is 23.9 Å². The van der Waals surface area contributed by atoms with Gasteiger partial charge in [-0.3, -0.25) is 19.8 Å². The number of amides is 4. The zero-order chi connectivity index (χ0) is 25.5. The van der Waals surface area contributed by atoms with Crippen LogP contribution in [0, 0.1) is 6.92 Å². The molecular weight excluding hydrogens is 460 g/mol. The summed E-state index contributed by atoms with van der Waals surface area (Å²) in [4.78, 5) is 38.7. The number of nitrogens with one attached hydrogen (secondary N) is 1. The van der Waals surface area contributed by atoms with E-state index in [2.05, 4.69) is 5.32 Å². The van der Waals surface area contributed by atoms with Crippen LogP contribution in [-0.2, 0) is 16.1 Å². The van der Waals surface area contributed by atoms with Crippen molar-refractivity contribution in [3.8, 4) is 17.2 Å². The summed E-state index contributed by atoms with van der Waals surface area (Å²) in [5, 5.41) is 2.23. The molecular formula is C28H26N2O6. The summed E-state index contributed by atoms with van der Waals surface area (Å²) >= 11 is 0. The molecule has 1 saturated heterocycles. The van der Waals surface area contributed by atoms with Crippen LogP contribution in [0.1, 0.15) is 16.7 Å². The summed E-state index contributed by atoms with van der Waals surface area (Å²) in [6, 6.07) is 21.1. The molecule has 0 aliphatic carbocycles. The van der Waals surface area contributed by atoms with Gasteiger partial charge in [0.2, 0.25) is 0 Å². The molecule has 36 heavy (non-hydrogen) atoms. The number of hydrogen-bond donors (Lipinski definition) is 1. The Morgan fingerprint density at radius 3 is 2.31 bits per heavy atom. The largest absolute Gasteiger partial charge is 0.493 e. The van der Waals surface area contributed by atoms with E-state index in [1.54, 1.807) is 30.3 Å². The van der Waals surface area contributed by atoms with E-state index in [-0.39, 0.29) is 12.1 Å². The lowest BCUT2D eigenvalue weighted by Crippen LogP contribution is -2.53. The van der Waals surface area contributed by atoms with Gasteiger partial charge in [-0.05, 0) is 48.4 Å². The Labute approximate surface area is 209 Å². The summed E-state index contributed by atoms with van der Waals surface area (Å²) in [6.07, 6.45) is 1.43. The van der Waals surface area contributed by atoms with E-state index in [4.69, 9.17) is 14.2 Å². The van der Waals surface area contributed by atoms with Crippen LogP contribution in [0.5, 0.6) is 17.2 Å². The number of hydrogen-bond acceptors (Lipinski definition) is 6.